The summed E-state index contributed by atoms with van der Waals surface area (Å²) < 4.78 is 26.1. The Morgan fingerprint density at radius 3 is 2.42 bits per heavy atom. The molecule has 0 radical (unpaired) electrons. The SMILES string of the molecule is Fc1ccc(NC(=S)NNC(=S)NC2CC2)c(F)c1. The summed E-state index contributed by atoms with van der Waals surface area (Å²) in [5, 5.41) is 6.18. The summed E-state index contributed by atoms with van der Waals surface area (Å²) in [4.78, 5) is 0. The van der Waals surface area contributed by atoms with Crippen molar-refractivity contribution in [2.24, 2.45) is 0 Å². The van der Waals surface area contributed by atoms with Crippen LogP contribution in [0.5, 0.6) is 0 Å². The average Bonchev–Trinajstić information content (AvgIpc) is 3.14. The minimum absolute atomic E-state index is 0.0850. The third-order valence-electron chi connectivity index (χ3n) is 2.38. The third-order valence-corrected chi connectivity index (χ3v) is 2.81. The van der Waals surface area contributed by atoms with E-state index in [0.29, 0.717) is 11.2 Å². The van der Waals surface area contributed by atoms with Gasteiger partial charge in [0, 0.05) is 12.1 Å². The van der Waals surface area contributed by atoms with Crippen molar-refractivity contribution in [2.75, 3.05) is 5.32 Å². The number of halogens is 2. The van der Waals surface area contributed by atoms with E-state index >= 15 is 0 Å². The van der Waals surface area contributed by atoms with Crippen molar-refractivity contribution in [3.05, 3.63) is 29.8 Å². The molecular weight excluding hydrogens is 290 g/mol. The van der Waals surface area contributed by atoms with Crippen molar-refractivity contribution in [1.29, 1.82) is 0 Å². The molecule has 0 atom stereocenters. The van der Waals surface area contributed by atoms with Gasteiger partial charge in [-0.2, -0.15) is 0 Å². The van der Waals surface area contributed by atoms with Crippen molar-refractivity contribution in [2.45, 2.75) is 18.9 Å². The highest BCUT2D eigenvalue weighted by Gasteiger charge is 2.21. The molecule has 1 aromatic carbocycles. The highest BCUT2D eigenvalue weighted by atomic mass is 32.1. The predicted octanol–water partition coefficient (Wildman–Crippen LogP) is 1.79. The first kappa shape index (κ1) is 13.9. The van der Waals surface area contributed by atoms with Gasteiger partial charge in [0.25, 0.3) is 0 Å². The number of anilines is 1. The van der Waals surface area contributed by atoms with Gasteiger partial charge in [0.05, 0.1) is 5.69 Å². The van der Waals surface area contributed by atoms with Gasteiger partial charge in [0.15, 0.2) is 10.2 Å². The summed E-state index contributed by atoms with van der Waals surface area (Å²) in [6, 6.07) is 3.61. The molecule has 0 amide bonds. The van der Waals surface area contributed by atoms with Crippen molar-refractivity contribution >= 4 is 40.3 Å². The number of nitrogens with one attached hydrogen (secondary N) is 4. The Morgan fingerprint density at radius 2 is 1.79 bits per heavy atom. The molecule has 1 fully saturated rings. The zero-order valence-electron chi connectivity index (χ0n) is 9.80. The fraction of sp³-hybridized carbons (Fsp3) is 0.273. The smallest absolute Gasteiger partial charge is 0.189 e. The summed E-state index contributed by atoms with van der Waals surface area (Å²) in [5.74, 6) is -1.36. The topological polar surface area (TPSA) is 48.1 Å². The second-order valence-corrected chi connectivity index (χ2v) is 4.89. The van der Waals surface area contributed by atoms with Crippen molar-refractivity contribution in [3.8, 4) is 0 Å². The lowest BCUT2D eigenvalue weighted by molar-refractivity contribution is 0.586. The van der Waals surface area contributed by atoms with E-state index in [1.165, 1.54) is 6.07 Å². The van der Waals surface area contributed by atoms with E-state index in [2.05, 4.69) is 21.5 Å². The van der Waals surface area contributed by atoms with Crippen LogP contribution in [0.4, 0.5) is 14.5 Å². The fourth-order valence-corrected chi connectivity index (χ4v) is 1.69. The first-order valence-corrected chi connectivity index (χ1v) is 6.45. The van der Waals surface area contributed by atoms with Gasteiger partial charge in [-0.25, -0.2) is 8.78 Å². The Kier molecular flexibility index (Phi) is 4.43. The van der Waals surface area contributed by atoms with Gasteiger partial charge < -0.3 is 10.6 Å². The maximum atomic E-state index is 13.3. The van der Waals surface area contributed by atoms with E-state index in [1.807, 2.05) is 0 Å². The molecule has 1 aliphatic carbocycles. The van der Waals surface area contributed by atoms with Crippen molar-refractivity contribution in [1.82, 2.24) is 16.2 Å². The van der Waals surface area contributed by atoms with Gasteiger partial charge in [0.2, 0.25) is 0 Å². The third kappa shape index (κ3) is 4.56. The number of benzene rings is 1. The van der Waals surface area contributed by atoms with Crippen LogP contribution < -0.4 is 21.5 Å². The van der Waals surface area contributed by atoms with Crippen LogP contribution >= 0.6 is 24.4 Å². The minimum Gasteiger partial charge on any atom is -0.359 e. The zero-order valence-corrected chi connectivity index (χ0v) is 11.4. The van der Waals surface area contributed by atoms with E-state index in [1.54, 1.807) is 0 Å². The van der Waals surface area contributed by atoms with E-state index in [9.17, 15) is 8.78 Å². The highest BCUT2D eigenvalue weighted by molar-refractivity contribution is 7.80. The Hall–Kier alpha value is -1.54. The van der Waals surface area contributed by atoms with Gasteiger partial charge in [-0.05, 0) is 49.4 Å². The van der Waals surface area contributed by atoms with Gasteiger partial charge in [-0.15, -0.1) is 0 Å². The van der Waals surface area contributed by atoms with Gasteiger partial charge >= 0.3 is 0 Å². The summed E-state index contributed by atoms with van der Waals surface area (Å²) in [6.45, 7) is 0. The molecule has 0 aromatic heterocycles. The van der Waals surface area contributed by atoms with E-state index < -0.39 is 11.6 Å². The Labute approximate surface area is 119 Å². The van der Waals surface area contributed by atoms with Crippen LogP contribution in [0.2, 0.25) is 0 Å². The van der Waals surface area contributed by atoms with Crippen LogP contribution in [0, 0.1) is 11.6 Å². The second-order valence-electron chi connectivity index (χ2n) is 4.08. The lowest BCUT2D eigenvalue weighted by Gasteiger charge is -2.14. The first-order chi connectivity index (χ1) is 9.04. The molecule has 4 N–H and O–H groups in total. The first-order valence-electron chi connectivity index (χ1n) is 5.63. The summed E-state index contributed by atoms with van der Waals surface area (Å²) in [7, 11) is 0. The molecule has 0 aliphatic heterocycles. The molecule has 0 heterocycles. The number of thiocarbonyl (C=S) groups is 2. The molecule has 0 bridgehead atoms. The Bertz CT molecular complexity index is 505. The molecule has 1 aromatic rings. The van der Waals surface area contributed by atoms with Crippen LogP contribution in [-0.2, 0) is 0 Å². The van der Waals surface area contributed by atoms with Crippen LogP contribution in [0.15, 0.2) is 18.2 Å². The number of hydrazine groups is 1. The molecule has 1 aliphatic rings. The summed E-state index contributed by atoms with van der Waals surface area (Å²) in [6.07, 6.45) is 2.20. The average molecular weight is 302 g/mol. The standard InChI is InChI=1S/C11H12F2N4S2/c12-6-1-4-9(8(13)5-6)15-11(19)17-16-10(18)14-7-2-3-7/h1,4-5,7H,2-3H2,(H2,14,16,18)(H2,15,17,19). The summed E-state index contributed by atoms with van der Waals surface area (Å²) >= 11 is 9.94. The molecule has 102 valence electrons. The number of rotatable bonds is 2. The largest absolute Gasteiger partial charge is 0.359 e. The maximum absolute atomic E-state index is 13.3. The Morgan fingerprint density at radius 1 is 1.11 bits per heavy atom. The lowest BCUT2D eigenvalue weighted by atomic mass is 10.3. The molecule has 8 heteroatoms. The van der Waals surface area contributed by atoms with E-state index in [4.69, 9.17) is 24.4 Å². The number of hydrogen-bond donors (Lipinski definition) is 4. The van der Waals surface area contributed by atoms with Crippen molar-refractivity contribution in [3.63, 3.8) is 0 Å². The quantitative estimate of drug-likeness (QED) is 0.494. The molecular formula is C11H12F2N4S2. The van der Waals surface area contributed by atoms with Crippen LogP contribution in [-0.4, -0.2) is 16.3 Å². The Balaban J connectivity index is 1.78. The molecule has 2 rings (SSSR count). The van der Waals surface area contributed by atoms with Crippen LogP contribution in [0.25, 0.3) is 0 Å². The van der Waals surface area contributed by atoms with Crippen LogP contribution in [0.1, 0.15) is 12.8 Å². The maximum Gasteiger partial charge on any atom is 0.189 e. The minimum atomic E-state index is -0.720. The predicted molar refractivity (Wildman–Crippen MR) is 77.6 cm³/mol. The monoisotopic (exact) mass is 302 g/mol. The highest BCUT2D eigenvalue weighted by Crippen LogP contribution is 2.18. The molecule has 0 saturated heterocycles. The normalized spacial score (nSPS) is 13.6. The van der Waals surface area contributed by atoms with Gasteiger partial charge in [0.1, 0.15) is 11.6 Å². The van der Waals surface area contributed by atoms with Gasteiger partial charge in [-0.3, -0.25) is 10.9 Å². The fourth-order valence-electron chi connectivity index (χ4n) is 1.31. The molecule has 1 saturated carbocycles. The molecule has 0 unspecified atom stereocenters. The number of hydrogen-bond acceptors (Lipinski definition) is 2. The van der Waals surface area contributed by atoms with Gasteiger partial charge in [-0.1, -0.05) is 0 Å². The molecule has 4 nitrogen and oxygen atoms in total. The van der Waals surface area contributed by atoms with Crippen LogP contribution in [0.3, 0.4) is 0 Å². The lowest BCUT2D eigenvalue weighted by Crippen LogP contribution is -2.48. The summed E-state index contributed by atoms with van der Waals surface area (Å²) in [5.41, 5.74) is 5.37. The molecule has 19 heavy (non-hydrogen) atoms. The zero-order chi connectivity index (χ0) is 13.8. The van der Waals surface area contributed by atoms with E-state index in [0.717, 1.165) is 25.0 Å². The van der Waals surface area contributed by atoms with E-state index in [-0.39, 0.29) is 10.8 Å². The van der Waals surface area contributed by atoms with Crippen molar-refractivity contribution < 1.29 is 8.78 Å². The molecule has 0 spiro atoms. The second kappa shape index (κ2) is 6.07.